The SMILES string of the molecule is Cc1nc(N2CCCC(C)(O)CC2)ccc1CO. The molecule has 2 N–H and O–H groups in total. The molecular weight excluding hydrogens is 228 g/mol. The van der Waals surface area contributed by atoms with Crippen molar-refractivity contribution in [2.24, 2.45) is 0 Å². The van der Waals surface area contributed by atoms with Crippen LogP contribution in [0, 0.1) is 6.92 Å². The van der Waals surface area contributed by atoms with Crippen molar-refractivity contribution >= 4 is 5.82 Å². The van der Waals surface area contributed by atoms with Crippen LogP contribution in [0.1, 0.15) is 37.4 Å². The van der Waals surface area contributed by atoms with E-state index in [0.717, 1.165) is 49.4 Å². The number of aromatic nitrogens is 1. The molecule has 2 rings (SSSR count). The zero-order valence-electron chi connectivity index (χ0n) is 11.2. The fourth-order valence-electron chi connectivity index (χ4n) is 2.41. The van der Waals surface area contributed by atoms with E-state index in [9.17, 15) is 5.11 Å². The lowest BCUT2D eigenvalue weighted by Gasteiger charge is -2.24. The Morgan fingerprint density at radius 1 is 1.33 bits per heavy atom. The summed E-state index contributed by atoms with van der Waals surface area (Å²) >= 11 is 0. The zero-order chi connectivity index (χ0) is 13.2. The van der Waals surface area contributed by atoms with E-state index in [2.05, 4.69) is 9.88 Å². The van der Waals surface area contributed by atoms with E-state index >= 15 is 0 Å². The molecule has 1 aromatic heterocycles. The fraction of sp³-hybridized carbons (Fsp3) is 0.643. The summed E-state index contributed by atoms with van der Waals surface area (Å²) in [6, 6.07) is 3.89. The van der Waals surface area contributed by atoms with Crippen LogP contribution in [0.2, 0.25) is 0 Å². The van der Waals surface area contributed by atoms with E-state index in [-0.39, 0.29) is 6.61 Å². The predicted molar refractivity (Wildman–Crippen MR) is 71.6 cm³/mol. The second-order valence-electron chi connectivity index (χ2n) is 5.41. The Morgan fingerprint density at radius 2 is 2.11 bits per heavy atom. The van der Waals surface area contributed by atoms with Gasteiger partial charge in [0.1, 0.15) is 5.82 Å². The van der Waals surface area contributed by atoms with Gasteiger partial charge in [-0.25, -0.2) is 4.98 Å². The number of rotatable bonds is 2. The Balaban J connectivity index is 2.14. The van der Waals surface area contributed by atoms with Gasteiger partial charge in [0.05, 0.1) is 12.2 Å². The maximum absolute atomic E-state index is 10.1. The number of nitrogens with zero attached hydrogens (tertiary/aromatic N) is 2. The average Bonchev–Trinajstić information content (AvgIpc) is 2.50. The highest BCUT2D eigenvalue weighted by Crippen LogP contribution is 2.24. The number of aliphatic hydroxyl groups excluding tert-OH is 1. The number of pyridine rings is 1. The van der Waals surface area contributed by atoms with E-state index in [4.69, 9.17) is 5.11 Å². The lowest BCUT2D eigenvalue weighted by Crippen LogP contribution is -2.28. The smallest absolute Gasteiger partial charge is 0.128 e. The molecule has 1 fully saturated rings. The topological polar surface area (TPSA) is 56.6 Å². The van der Waals surface area contributed by atoms with Gasteiger partial charge in [0.25, 0.3) is 0 Å². The van der Waals surface area contributed by atoms with Crippen molar-refractivity contribution in [1.82, 2.24) is 4.98 Å². The van der Waals surface area contributed by atoms with Crippen LogP contribution in [-0.2, 0) is 6.61 Å². The van der Waals surface area contributed by atoms with Gasteiger partial charge in [0, 0.05) is 18.8 Å². The highest BCUT2D eigenvalue weighted by atomic mass is 16.3. The summed E-state index contributed by atoms with van der Waals surface area (Å²) in [6.45, 7) is 5.62. The quantitative estimate of drug-likeness (QED) is 0.837. The van der Waals surface area contributed by atoms with Crippen molar-refractivity contribution in [3.63, 3.8) is 0 Å². The number of hydrogen-bond donors (Lipinski definition) is 2. The van der Waals surface area contributed by atoms with Crippen LogP contribution in [0.3, 0.4) is 0 Å². The maximum Gasteiger partial charge on any atom is 0.128 e. The van der Waals surface area contributed by atoms with Crippen molar-refractivity contribution in [2.75, 3.05) is 18.0 Å². The highest BCUT2D eigenvalue weighted by Gasteiger charge is 2.25. The van der Waals surface area contributed by atoms with Crippen molar-refractivity contribution in [3.05, 3.63) is 23.4 Å². The van der Waals surface area contributed by atoms with Crippen molar-refractivity contribution in [3.8, 4) is 0 Å². The molecule has 0 saturated carbocycles. The largest absolute Gasteiger partial charge is 0.392 e. The fourth-order valence-corrected chi connectivity index (χ4v) is 2.41. The first-order valence-electron chi connectivity index (χ1n) is 6.56. The third-order valence-electron chi connectivity index (χ3n) is 3.74. The van der Waals surface area contributed by atoms with E-state index in [1.807, 2.05) is 26.0 Å². The van der Waals surface area contributed by atoms with E-state index in [1.54, 1.807) is 0 Å². The van der Waals surface area contributed by atoms with Crippen LogP contribution in [0.5, 0.6) is 0 Å². The van der Waals surface area contributed by atoms with Gasteiger partial charge < -0.3 is 15.1 Å². The van der Waals surface area contributed by atoms with Crippen molar-refractivity contribution in [1.29, 1.82) is 0 Å². The van der Waals surface area contributed by atoms with Gasteiger partial charge >= 0.3 is 0 Å². The summed E-state index contributed by atoms with van der Waals surface area (Å²) < 4.78 is 0. The Bertz CT molecular complexity index is 418. The third kappa shape index (κ3) is 3.00. The lowest BCUT2D eigenvalue weighted by molar-refractivity contribution is 0.0481. The first-order valence-corrected chi connectivity index (χ1v) is 6.56. The molecular formula is C14H22N2O2. The molecule has 0 aliphatic carbocycles. The van der Waals surface area contributed by atoms with Crippen LogP contribution in [0.15, 0.2) is 12.1 Å². The maximum atomic E-state index is 10.1. The first-order chi connectivity index (χ1) is 8.52. The Hall–Kier alpha value is -1.13. The highest BCUT2D eigenvalue weighted by molar-refractivity contribution is 5.41. The molecule has 1 saturated heterocycles. The minimum absolute atomic E-state index is 0.0355. The molecule has 1 aliphatic heterocycles. The molecule has 2 heterocycles. The summed E-state index contributed by atoms with van der Waals surface area (Å²) in [5.41, 5.74) is 1.21. The van der Waals surface area contributed by atoms with Crippen LogP contribution in [0.25, 0.3) is 0 Å². The second-order valence-corrected chi connectivity index (χ2v) is 5.41. The summed E-state index contributed by atoms with van der Waals surface area (Å²) in [6.07, 6.45) is 2.60. The number of hydrogen-bond acceptors (Lipinski definition) is 4. The van der Waals surface area contributed by atoms with Gasteiger partial charge in [-0.1, -0.05) is 6.07 Å². The standard InChI is InChI=1S/C14H22N2O2/c1-11-12(10-17)4-5-13(15-11)16-8-3-6-14(2,18)7-9-16/h4-5,17-18H,3,6-10H2,1-2H3. The second kappa shape index (κ2) is 5.24. The van der Waals surface area contributed by atoms with E-state index in [0.29, 0.717) is 0 Å². The van der Waals surface area contributed by atoms with Crippen LogP contribution >= 0.6 is 0 Å². The molecule has 1 atom stereocenters. The van der Waals surface area contributed by atoms with Crippen LogP contribution < -0.4 is 4.90 Å². The van der Waals surface area contributed by atoms with E-state index in [1.165, 1.54) is 0 Å². The molecule has 0 spiro atoms. The molecule has 0 radical (unpaired) electrons. The van der Waals surface area contributed by atoms with Gasteiger partial charge in [0.2, 0.25) is 0 Å². The normalized spacial score (nSPS) is 25.0. The molecule has 0 amide bonds. The minimum Gasteiger partial charge on any atom is -0.392 e. The molecule has 18 heavy (non-hydrogen) atoms. The number of anilines is 1. The molecule has 0 bridgehead atoms. The Morgan fingerprint density at radius 3 is 2.78 bits per heavy atom. The Kier molecular flexibility index (Phi) is 3.88. The van der Waals surface area contributed by atoms with Crippen molar-refractivity contribution < 1.29 is 10.2 Å². The molecule has 0 aromatic carbocycles. The zero-order valence-corrected chi connectivity index (χ0v) is 11.2. The summed E-state index contributed by atoms with van der Waals surface area (Å²) in [7, 11) is 0. The third-order valence-corrected chi connectivity index (χ3v) is 3.74. The average molecular weight is 250 g/mol. The monoisotopic (exact) mass is 250 g/mol. The molecule has 1 unspecified atom stereocenters. The minimum atomic E-state index is -0.547. The van der Waals surface area contributed by atoms with Gasteiger partial charge in [-0.2, -0.15) is 0 Å². The summed E-state index contributed by atoms with van der Waals surface area (Å²) in [5.74, 6) is 0.947. The molecule has 4 heteroatoms. The summed E-state index contributed by atoms with van der Waals surface area (Å²) in [5, 5.41) is 19.2. The lowest BCUT2D eigenvalue weighted by atomic mass is 9.98. The molecule has 1 aromatic rings. The van der Waals surface area contributed by atoms with Gasteiger partial charge in [-0.3, -0.25) is 0 Å². The predicted octanol–water partition coefficient (Wildman–Crippen LogP) is 1.62. The van der Waals surface area contributed by atoms with Gasteiger partial charge in [-0.15, -0.1) is 0 Å². The van der Waals surface area contributed by atoms with Gasteiger partial charge in [-0.05, 0) is 44.7 Å². The summed E-state index contributed by atoms with van der Waals surface area (Å²) in [4.78, 5) is 6.76. The van der Waals surface area contributed by atoms with Crippen LogP contribution in [0.4, 0.5) is 5.82 Å². The Labute approximate surface area is 108 Å². The van der Waals surface area contributed by atoms with Crippen LogP contribution in [-0.4, -0.2) is 33.9 Å². The molecule has 100 valence electrons. The number of aryl methyl sites for hydroxylation is 1. The van der Waals surface area contributed by atoms with Gasteiger partial charge in [0.15, 0.2) is 0 Å². The van der Waals surface area contributed by atoms with E-state index < -0.39 is 5.60 Å². The molecule has 4 nitrogen and oxygen atoms in total. The van der Waals surface area contributed by atoms with Crippen molar-refractivity contribution in [2.45, 2.75) is 45.3 Å². The molecule has 1 aliphatic rings. The first kappa shape index (κ1) is 13.3. The number of aliphatic hydroxyl groups is 2.